The number of aromatic hydroxyl groups is 1. The van der Waals surface area contributed by atoms with Crippen LogP contribution in [-0.4, -0.2) is 45.3 Å². The highest BCUT2D eigenvalue weighted by atomic mass is 16.5. The van der Waals surface area contributed by atoms with Crippen LogP contribution >= 0.6 is 0 Å². The number of phenolic OH excluding ortho intramolecular Hbond substituents is 1. The Bertz CT molecular complexity index is 953. The van der Waals surface area contributed by atoms with E-state index in [9.17, 15) is 24.6 Å². The summed E-state index contributed by atoms with van der Waals surface area (Å²) in [7, 11) is 0. The average Bonchev–Trinajstić information content (AvgIpc) is 2.67. The van der Waals surface area contributed by atoms with Gasteiger partial charge in [-0.25, -0.2) is 5.48 Å². The Balaban J connectivity index is 2.36. The van der Waals surface area contributed by atoms with E-state index < -0.39 is 41.2 Å². The third-order valence-electron chi connectivity index (χ3n) is 4.88. The van der Waals surface area contributed by atoms with Gasteiger partial charge >= 0.3 is 0 Å². The van der Waals surface area contributed by atoms with Crippen molar-refractivity contribution >= 4 is 28.5 Å². The van der Waals surface area contributed by atoms with E-state index in [-0.39, 0.29) is 12.2 Å². The number of hydroxylamine groups is 1. The van der Waals surface area contributed by atoms with Gasteiger partial charge in [0.1, 0.15) is 17.9 Å². The lowest BCUT2D eigenvalue weighted by Gasteiger charge is -2.31. The van der Waals surface area contributed by atoms with Crippen molar-refractivity contribution in [1.82, 2.24) is 10.8 Å². The molecule has 9 heteroatoms. The van der Waals surface area contributed by atoms with Crippen molar-refractivity contribution in [2.24, 2.45) is 17.1 Å². The zero-order chi connectivity index (χ0) is 22.6. The Hall–Kier alpha value is -3.17. The van der Waals surface area contributed by atoms with Gasteiger partial charge < -0.3 is 21.3 Å². The maximum atomic E-state index is 12.9. The van der Waals surface area contributed by atoms with Crippen LogP contribution in [0.3, 0.4) is 0 Å². The molecular formula is C21H27N3O6. The van der Waals surface area contributed by atoms with Crippen LogP contribution in [0.5, 0.6) is 5.75 Å². The molecule has 0 aliphatic heterocycles. The minimum atomic E-state index is -1.87. The number of rotatable bonds is 7. The third kappa shape index (κ3) is 5.46. The van der Waals surface area contributed by atoms with Crippen molar-refractivity contribution in [1.29, 1.82) is 0 Å². The second-order valence-corrected chi connectivity index (χ2v) is 8.31. The minimum absolute atomic E-state index is 0.0678. The summed E-state index contributed by atoms with van der Waals surface area (Å²) in [5.41, 5.74) is 6.64. The smallest absolute Gasteiger partial charge is 0.272 e. The molecule has 0 unspecified atom stereocenters. The molecule has 0 aliphatic rings. The van der Waals surface area contributed by atoms with Gasteiger partial charge in [-0.2, -0.15) is 0 Å². The van der Waals surface area contributed by atoms with Crippen LogP contribution in [-0.2, 0) is 20.8 Å². The first-order chi connectivity index (χ1) is 13.9. The number of amides is 3. The number of carbonyl (C=O) groups is 3. The first-order valence-electron chi connectivity index (χ1n) is 9.37. The number of carbonyl (C=O) groups excluding carboxylic acids is 3. The molecule has 2 aromatic carbocycles. The van der Waals surface area contributed by atoms with Crippen molar-refractivity contribution < 1.29 is 29.8 Å². The van der Waals surface area contributed by atoms with Gasteiger partial charge in [-0.15, -0.1) is 0 Å². The molecule has 7 N–H and O–H groups in total. The highest BCUT2D eigenvalue weighted by molar-refractivity contribution is 5.92. The number of fused-ring (bicyclic) bond motifs is 1. The Morgan fingerprint density at radius 1 is 1.03 bits per heavy atom. The largest absolute Gasteiger partial charge is 0.508 e. The van der Waals surface area contributed by atoms with E-state index in [2.05, 4.69) is 5.32 Å². The molecule has 3 amide bonds. The summed E-state index contributed by atoms with van der Waals surface area (Å²) >= 11 is 0. The summed E-state index contributed by atoms with van der Waals surface area (Å²) in [6, 6.07) is 9.00. The van der Waals surface area contributed by atoms with E-state index in [4.69, 9.17) is 10.9 Å². The van der Waals surface area contributed by atoms with Crippen molar-refractivity contribution in [2.75, 3.05) is 0 Å². The monoisotopic (exact) mass is 417 g/mol. The van der Waals surface area contributed by atoms with Gasteiger partial charge in [0.2, 0.25) is 11.8 Å². The highest BCUT2D eigenvalue weighted by Crippen LogP contribution is 2.24. The second-order valence-electron chi connectivity index (χ2n) is 8.31. The fraction of sp³-hybridized carbons (Fsp3) is 0.381. The molecule has 162 valence electrons. The molecule has 0 saturated carbocycles. The van der Waals surface area contributed by atoms with E-state index in [1.165, 1.54) is 5.48 Å². The zero-order valence-corrected chi connectivity index (χ0v) is 17.0. The summed E-state index contributed by atoms with van der Waals surface area (Å²) in [4.78, 5) is 36.5. The van der Waals surface area contributed by atoms with Crippen LogP contribution in [0.2, 0.25) is 0 Å². The molecule has 2 rings (SSSR count). The number of aliphatic hydroxyl groups is 1. The zero-order valence-electron chi connectivity index (χ0n) is 17.0. The molecule has 9 nitrogen and oxygen atoms in total. The summed E-state index contributed by atoms with van der Waals surface area (Å²) in [6.07, 6.45) is -1.94. The van der Waals surface area contributed by atoms with Gasteiger partial charge in [0.15, 0.2) is 0 Å². The maximum Gasteiger partial charge on any atom is 0.272 e. The molecule has 0 radical (unpaired) electrons. The molecule has 0 saturated heterocycles. The van der Waals surface area contributed by atoms with E-state index in [0.29, 0.717) is 10.9 Å². The normalized spacial score (nSPS) is 14.6. The number of benzene rings is 2. The Morgan fingerprint density at radius 3 is 2.23 bits per heavy atom. The third-order valence-corrected chi connectivity index (χ3v) is 4.88. The summed E-state index contributed by atoms with van der Waals surface area (Å²) in [5, 5.41) is 33.0. The van der Waals surface area contributed by atoms with Gasteiger partial charge in [-0.1, -0.05) is 45.0 Å². The standard InChI is InChI=1S/C21H27N3O6/c1-21(2,3)17(18(22)27)23-19(28)15(16(26)20(29)24-30)9-11-4-5-12-6-7-14(25)10-13(12)8-11/h4-8,10,15-17,25-26,30H,9H2,1-3H3,(H2,22,27)(H,23,28)(H,24,29)/t15-,16+,17-/m1/s1. The molecule has 0 aliphatic carbocycles. The van der Waals surface area contributed by atoms with E-state index in [1.807, 2.05) is 0 Å². The van der Waals surface area contributed by atoms with Gasteiger partial charge in [0.05, 0.1) is 5.92 Å². The second kappa shape index (κ2) is 9.10. The van der Waals surface area contributed by atoms with Crippen molar-refractivity contribution in [3.05, 3.63) is 42.0 Å². The average molecular weight is 417 g/mol. The Morgan fingerprint density at radius 2 is 1.67 bits per heavy atom. The van der Waals surface area contributed by atoms with Crippen molar-refractivity contribution in [3.8, 4) is 5.75 Å². The van der Waals surface area contributed by atoms with Gasteiger partial charge in [-0.3, -0.25) is 19.6 Å². The Kier molecular flexibility index (Phi) is 7.01. The predicted octanol–water partition coefficient (Wildman–Crippen LogP) is 0.587. The fourth-order valence-corrected chi connectivity index (χ4v) is 3.22. The lowest BCUT2D eigenvalue weighted by atomic mass is 9.85. The molecule has 0 spiro atoms. The number of hydrogen-bond acceptors (Lipinski definition) is 6. The minimum Gasteiger partial charge on any atom is -0.508 e. The van der Waals surface area contributed by atoms with Crippen molar-refractivity contribution in [2.45, 2.75) is 39.3 Å². The van der Waals surface area contributed by atoms with Gasteiger partial charge in [0, 0.05) is 0 Å². The van der Waals surface area contributed by atoms with E-state index >= 15 is 0 Å². The topological polar surface area (TPSA) is 162 Å². The molecule has 2 aromatic rings. The predicted molar refractivity (Wildman–Crippen MR) is 109 cm³/mol. The summed E-state index contributed by atoms with van der Waals surface area (Å²) in [6.45, 7) is 5.14. The number of nitrogens with one attached hydrogen (secondary N) is 2. The number of phenols is 1. The quantitative estimate of drug-likeness (QED) is 0.285. The SMILES string of the molecule is CC(C)(C)[C@H](NC(=O)[C@H](Cc1ccc2ccc(O)cc2c1)[C@H](O)C(=O)NO)C(N)=O. The first-order valence-corrected chi connectivity index (χ1v) is 9.37. The summed E-state index contributed by atoms with van der Waals surface area (Å²) < 4.78 is 0. The van der Waals surface area contributed by atoms with Crippen LogP contribution in [0.15, 0.2) is 36.4 Å². The number of aliphatic hydroxyl groups excluding tert-OH is 1. The van der Waals surface area contributed by atoms with Crippen LogP contribution in [0.25, 0.3) is 10.8 Å². The molecule has 0 fully saturated rings. The molecular weight excluding hydrogens is 390 g/mol. The Labute approximate surface area is 173 Å². The lowest BCUT2D eigenvalue weighted by Crippen LogP contribution is -2.56. The van der Waals surface area contributed by atoms with Crippen LogP contribution < -0.4 is 16.5 Å². The maximum absolute atomic E-state index is 12.9. The lowest BCUT2D eigenvalue weighted by molar-refractivity contribution is -0.146. The van der Waals surface area contributed by atoms with Crippen molar-refractivity contribution in [3.63, 3.8) is 0 Å². The first kappa shape index (κ1) is 23.1. The number of nitrogens with two attached hydrogens (primary N) is 1. The molecule has 0 bridgehead atoms. The van der Waals surface area contributed by atoms with E-state index in [0.717, 1.165) is 5.39 Å². The van der Waals surface area contributed by atoms with Gasteiger partial charge in [0.25, 0.3) is 5.91 Å². The molecule has 30 heavy (non-hydrogen) atoms. The highest BCUT2D eigenvalue weighted by Gasteiger charge is 2.37. The number of primary amides is 1. The molecule has 3 atom stereocenters. The summed E-state index contributed by atoms with van der Waals surface area (Å²) in [5.74, 6) is -3.91. The van der Waals surface area contributed by atoms with Crippen LogP contribution in [0.4, 0.5) is 0 Å². The molecule has 0 aromatic heterocycles. The van der Waals surface area contributed by atoms with Crippen LogP contribution in [0, 0.1) is 11.3 Å². The van der Waals surface area contributed by atoms with E-state index in [1.54, 1.807) is 57.2 Å². The number of hydrogen-bond donors (Lipinski definition) is 6. The van der Waals surface area contributed by atoms with Crippen LogP contribution in [0.1, 0.15) is 26.3 Å². The van der Waals surface area contributed by atoms with Gasteiger partial charge in [-0.05, 0) is 40.3 Å². The fourth-order valence-electron chi connectivity index (χ4n) is 3.22. The molecule has 0 heterocycles.